The Morgan fingerprint density at radius 2 is 1.79 bits per heavy atom. The van der Waals surface area contributed by atoms with Crippen molar-refractivity contribution in [3.05, 3.63) is 89.8 Å². The Labute approximate surface area is 247 Å². The summed E-state index contributed by atoms with van der Waals surface area (Å²) in [6.45, 7) is 3.93. The average molecular weight is 707 g/mol. The SMILES string of the molecule is COc1cc(/C=C2\SC(=O)N(Cc3ccc(I)cc3)C2=O)ccc1OCC(=O)Nc1ccc(Br)c(C)c1C. The molecule has 3 amide bonds. The molecule has 1 heterocycles. The Bertz CT molecular complexity index is 1440. The van der Waals surface area contributed by atoms with E-state index < -0.39 is 0 Å². The fourth-order valence-corrected chi connectivity index (χ4v) is 5.33. The molecular formula is C28H24BrIN2O5S. The van der Waals surface area contributed by atoms with Gasteiger partial charge in [0.25, 0.3) is 17.1 Å². The van der Waals surface area contributed by atoms with Gasteiger partial charge in [-0.25, -0.2) is 0 Å². The molecule has 3 aromatic carbocycles. The molecule has 0 spiro atoms. The predicted octanol–water partition coefficient (Wildman–Crippen LogP) is 6.93. The van der Waals surface area contributed by atoms with Crippen LogP contribution in [0.2, 0.25) is 0 Å². The number of nitrogens with one attached hydrogen (secondary N) is 1. The number of hydrogen-bond donors (Lipinski definition) is 1. The van der Waals surface area contributed by atoms with E-state index in [2.05, 4.69) is 43.8 Å². The maximum atomic E-state index is 12.9. The number of ether oxygens (including phenoxy) is 2. The van der Waals surface area contributed by atoms with Crippen molar-refractivity contribution in [2.24, 2.45) is 0 Å². The van der Waals surface area contributed by atoms with Gasteiger partial charge in [0, 0.05) is 13.7 Å². The van der Waals surface area contributed by atoms with E-state index in [-0.39, 0.29) is 30.2 Å². The number of benzene rings is 3. The van der Waals surface area contributed by atoms with E-state index in [0.29, 0.717) is 22.0 Å². The highest BCUT2D eigenvalue weighted by molar-refractivity contribution is 14.1. The predicted molar refractivity (Wildman–Crippen MR) is 161 cm³/mol. The molecule has 3 aromatic rings. The maximum absolute atomic E-state index is 12.9. The Kier molecular flexibility index (Phi) is 9.16. The number of thioether (sulfide) groups is 1. The van der Waals surface area contributed by atoms with E-state index in [9.17, 15) is 14.4 Å². The monoisotopic (exact) mass is 706 g/mol. The van der Waals surface area contributed by atoms with E-state index in [0.717, 1.165) is 42.2 Å². The Morgan fingerprint density at radius 3 is 2.50 bits per heavy atom. The number of carbonyl (C=O) groups is 3. The number of methoxy groups -OCH3 is 1. The largest absolute Gasteiger partial charge is 0.493 e. The zero-order valence-corrected chi connectivity index (χ0v) is 25.4. The Morgan fingerprint density at radius 1 is 1.05 bits per heavy atom. The lowest BCUT2D eigenvalue weighted by Crippen LogP contribution is -2.27. The summed E-state index contributed by atoms with van der Waals surface area (Å²) in [6, 6.07) is 16.5. The molecule has 0 bridgehead atoms. The van der Waals surface area contributed by atoms with Crippen LogP contribution in [-0.4, -0.2) is 35.7 Å². The third kappa shape index (κ3) is 6.59. The third-order valence-corrected chi connectivity index (χ3v) is 8.45. The first-order valence-electron chi connectivity index (χ1n) is 11.5. The fourth-order valence-electron chi connectivity index (χ4n) is 3.71. The van der Waals surface area contributed by atoms with Gasteiger partial charge in [-0.15, -0.1) is 0 Å². The van der Waals surface area contributed by atoms with Crippen LogP contribution >= 0.6 is 50.3 Å². The molecule has 1 fully saturated rings. The summed E-state index contributed by atoms with van der Waals surface area (Å²) in [4.78, 5) is 39.5. The van der Waals surface area contributed by atoms with Gasteiger partial charge in [-0.3, -0.25) is 19.3 Å². The quantitative estimate of drug-likeness (QED) is 0.202. The van der Waals surface area contributed by atoms with Crippen LogP contribution in [0.4, 0.5) is 10.5 Å². The van der Waals surface area contributed by atoms with Gasteiger partial charge in [0.05, 0.1) is 18.6 Å². The van der Waals surface area contributed by atoms with Crippen molar-refractivity contribution in [2.45, 2.75) is 20.4 Å². The molecule has 10 heteroatoms. The first-order valence-corrected chi connectivity index (χ1v) is 14.2. The number of halogens is 2. The molecule has 4 rings (SSSR count). The smallest absolute Gasteiger partial charge is 0.293 e. The van der Waals surface area contributed by atoms with Gasteiger partial charge in [0.2, 0.25) is 0 Å². The molecule has 1 N–H and O–H groups in total. The summed E-state index contributed by atoms with van der Waals surface area (Å²) in [5, 5.41) is 2.56. The van der Waals surface area contributed by atoms with Crippen LogP contribution < -0.4 is 14.8 Å². The minimum atomic E-state index is -0.340. The van der Waals surface area contributed by atoms with E-state index >= 15 is 0 Å². The normalized spacial score (nSPS) is 14.2. The highest BCUT2D eigenvalue weighted by atomic mass is 127. The number of hydrogen-bond acceptors (Lipinski definition) is 6. The van der Waals surface area contributed by atoms with Gasteiger partial charge in [-0.05, 0) is 113 Å². The van der Waals surface area contributed by atoms with Crippen LogP contribution in [0.1, 0.15) is 22.3 Å². The van der Waals surface area contributed by atoms with Crippen LogP contribution in [0.3, 0.4) is 0 Å². The zero-order valence-electron chi connectivity index (χ0n) is 20.8. The summed E-state index contributed by atoms with van der Waals surface area (Å²) in [6.07, 6.45) is 1.65. The second-order valence-electron chi connectivity index (χ2n) is 8.49. The van der Waals surface area contributed by atoms with Gasteiger partial charge >= 0.3 is 0 Å². The summed E-state index contributed by atoms with van der Waals surface area (Å²) in [5.41, 5.74) is 4.29. The second kappa shape index (κ2) is 12.4. The second-order valence-corrected chi connectivity index (χ2v) is 11.6. The highest BCUT2D eigenvalue weighted by Gasteiger charge is 2.35. The Hall–Kier alpha value is -2.83. The van der Waals surface area contributed by atoms with Crippen molar-refractivity contribution in [3.63, 3.8) is 0 Å². The highest BCUT2D eigenvalue weighted by Crippen LogP contribution is 2.35. The topological polar surface area (TPSA) is 84.9 Å². The number of anilines is 1. The van der Waals surface area contributed by atoms with Crippen LogP contribution in [0.25, 0.3) is 6.08 Å². The van der Waals surface area contributed by atoms with Gasteiger partial charge in [-0.1, -0.05) is 34.1 Å². The molecular weight excluding hydrogens is 683 g/mol. The molecule has 0 saturated carbocycles. The zero-order chi connectivity index (χ0) is 27.4. The first-order chi connectivity index (χ1) is 18.2. The molecule has 1 saturated heterocycles. The van der Waals surface area contributed by atoms with Gasteiger partial charge in [-0.2, -0.15) is 0 Å². The van der Waals surface area contributed by atoms with Crippen molar-refractivity contribution in [1.29, 1.82) is 0 Å². The fraction of sp³-hybridized carbons (Fsp3) is 0.179. The summed E-state index contributed by atoms with van der Waals surface area (Å²) in [7, 11) is 1.49. The lowest BCUT2D eigenvalue weighted by Gasteiger charge is -2.14. The van der Waals surface area contributed by atoms with Crippen molar-refractivity contribution in [1.82, 2.24) is 4.90 Å². The average Bonchev–Trinajstić information content (AvgIpc) is 3.16. The lowest BCUT2D eigenvalue weighted by atomic mass is 10.1. The van der Waals surface area contributed by atoms with Crippen molar-refractivity contribution < 1.29 is 23.9 Å². The maximum Gasteiger partial charge on any atom is 0.293 e. The van der Waals surface area contributed by atoms with Crippen molar-refractivity contribution in [2.75, 3.05) is 19.0 Å². The number of amides is 3. The number of carbonyl (C=O) groups excluding carboxylic acids is 3. The number of rotatable bonds is 8. The molecule has 0 aliphatic carbocycles. The van der Waals surface area contributed by atoms with E-state index in [1.165, 1.54) is 12.0 Å². The molecule has 38 heavy (non-hydrogen) atoms. The van der Waals surface area contributed by atoms with Crippen LogP contribution in [-0.2, 0) is 16.1 Å². The van der Waals surface area contributed by atoms with E-state index in [1.807, 2.05) is 50.2 Å². The molecule has 0 atom stereocenters. The molecule has 0 aromatic heterocycles. The first kappa shape index (κ1) is 28.2. The molecule has 196 valence electrons. The van der Waals surface area contributed by atoms with Gasteiger partial charge in [0.15, 0.2) is 18.1 Å². The summed E-state index contributed by atoms with van der Waals surface area (Å²) in [5.74, 6) is 0.145. The van der Waals surface area contributed by atoms with Crippen LogP contribution in [0, 0.1) is 17.4 Å². The molecule has 0 radical (unpaired) electrons. The molecule has 0 unspecified atom stereocenters. The lowest BCUT2D eigenvalue weighted by molar-refractivity contribution is -0.123. The van der Waals surface area contributed by atoms with Crippen molar-refractivity contribution in [3.8, 4) is 11.5 Å². The number of nitrogens with zero attached hydrogens (tertiary/aromatic N) is 1. The molecule has 1 aliphatic heterocycles. The summed E-state index contributed by atoms with van der Waals surface area (Å²) >= 11 is 6.60. The standard InChI is InChI=1S/C28H24BrIN2O5S/c1-16-17(2)22(10-9-21(16)29)31-26(33)15-37-23-11-6-19(12-24(23)36-3)13-25-27(34)32(28(35)38-25)14-18-4-7-20(30)8-5-18/h4-13H,14-15H2,1-3H3,(H,31,33)/b25-13-. The summed E-state index contributed by atoms with van der Waals surface area (Å²) < 4.78 is 13.2. The van der Waals surface area contributed by atoms with Gasteiger partial charge in [0.1, 0.15) is 0 Å². The number of imide groups is 1. The minimum Gasteiger partial charge on any atom is -0.493 e. The third-order valence-electron chi connectivity index (χ3n) is 5.97. The Balaban J connectivity index is 1.42. The van der Waals surface area contributed by atoms with Gasteiger partial charge < -0.3 is 14.8 Å². The minimum absolute atomic E-state index is 0.207. The van der Waals surface area contributed by atoms with E-state index in [4.69, 9.17) is 9.47 Å². The molecule has 7 nitrogen and oxygen atoms in total. The van der Waals surface area contributed by atoms with E-state index in [1.54, 1.807) is 24.3 Å². The molecule has 1 aliphatic rings. The van der Waals surface area contributed by atoms with Crippen molar-refractivity contribution >= 4 is 79.1 Å². The van der Waals surface area contributed by atoms with Crippen LogP contribution in [0.5, 0.6) is 11.5 Å². The van der Waals surface area contributed by atoms with Crippen LogP contribution in [0.15, 0.2) is 64.0 Å².